The van der Waals surface area contributed by atoms with Gasteiger partial charge in [0.15, 0.2) is 0 Å². The maximum atomic E-state index is 6.54. The monoisotopic (exact) mass is 423 g/mol. The fourth-order valence-corrected chi connectivity index (χ4v) is 4.21. The molecule has 2 nitrogen and oxygen atoms in total. The van der Waals surface area contributed by atoms with E-state index in [2.05, 4.69) is 86.6 Å². The Morgan fingerprint density at radius 2 is 1.10 bits per heavy atom. The van der Waals surface area contributed by atoms with Gasteiger partial charge >= 0.3 is 0 Å². The van der Waals surface area contributed by atoms with E-state index in [0.29, 0.717) is 6.04 Å². The molecule has 0 saturated carbocycles. The van der Waals surface area contributed by atoms with Crippen LogP contribution in [0, 0.1) is 0 Å². The molecule has 0 aliphatic carbocycles. The van der Waals surface area contributed by atoms with E-state index >= 15 is 0 Å². The Morgan fingerprint density at radius 3 is 1.55 bits per heavy atom. The lowest BCUT2D eigenvalue weighted by Crippen LogP contribution is -2.33. The third kappa shape index (κ3) is 10.5. The Balaban J connectivity index is 1.74. The molecule has 0 aliphatic rings. The minimum Gasteiger partial charge on any atom is -0.367 e. The highest BCUT2D eigenvalue weighted by atomic mass is 16.5. The second-order valence-corrected chi connectivity index (χ2v) is 9.12. The van der Waals surface area contributed by atoms with E-state index < -0.39 is 0 Å². The topological polar surface area (TPSA) is 12.5 Å². The van der Waals surface area contributed by atoms with Gasteiger partial charge in [0.25, 0.3) is 0 Å². The van der Waals surface area contributed by atoms with E-state index in [4.69, 9.17) is 4.74 Å². The molecule has 2 rings (SSSR count). The van der Waals surface area contributed by atoms with Crippen LogP contribution in [-0.2, 0) is 4.74 Å². The average molecular weight is 424 g/mol. The molecular weight excluding hydrogens is 378 g/mol. The molecule has 1 atom stereocenters. The average Bonchev–Trinajstić information content (AvgIpc) is 2.80. The molecule has 0 bridgehead atoms. The lowest BCUT2D eigenvalue weighted by Gasteiger charge is -2.27. The molecular formula is C29H45NO. The summed E-state index contributed by atoms with van der Waals surface area (Å²) in [6.45, 7) is 3.05. The summed E-state index contributed by atoms with van der Waals surface area (Å²) in [5.41, 5.74) is 2.45. The molecule has 0 heterocycles. The van der Waals surface area contributed by atoms with Gasteiger partial charge in [-0.05, 0) is 31.6 Å². The Bertz CT molecular complexity index is 615. The molecule has 0 amide bonds. The minimum absolute atomic E-state index is 0.00226. The van der Waals surface area contributed by atoms with E-state index in [9.17, 15) is 0 Å². The van der Waals surface area contributed by atoms with Gasteiger partial charge in [0.1, 0.15) is 6.10 Å². The summed E-state index contributed by atoms with van der Waals surface area (Å²) in [5, 5.41) is 0. The molecule has 0 aromatic heterocycles. The molecule has 2 aromatic carbocycles. The van der Waals surface area contributed by atoms with Crippen molar-refractivity contribution in [2.45, 2.75) is 89.7 Å². The second kappa shape index (κ2) is 16.1. The highest BCUT2D eigenvalue weighted by molar-refractivity contribution is 5.29. The maximum absolute atomic E-state index is 6.54. The first kappa shape index (κ1) is 25.6. The number of likely N-dealkylation sites (N-methyl/N-ethyl adjacent to an activating group) is 1. The largest absolute Gasteiger partial charge is 0.367 e. The van der Waals surface area contributed by atoms with Crippen molar-refractivity contribution in [3.8, 4) is 0 Å². The summed E-state index contributed by atoms with van der Waals surface area (Å²) in [6.07, 6.45) is 15.1. The Morgan fingerprint density at radius 1 is 0.645 bits per heavy atom. The van der Waals surface area contributed by atoms with Crippen molar-refractivity contribution in [1.82, 2.24) is 4.90 Å². The summed E-state index contributed by atoms with van der Waals surface area (Å²) in [6, 6.07) is 21.7. The molecule has 0 N–H and O–H groups in total. The van der Waals surface area contributed by atoms with Crippen LogP contribution in [0.1, 0.15) is 94.8 Å². The van der Waals surface area contributed by atoms with Crippen LogP contribution in [-0.4, -0.2) is 31.6 Å². The van der Waals surface area contributed by atoms with E-state index in [-0.39, 0.29) is 6.10 Å². The Labute approximate surface area is 192 Å². The van der Waals surface area contributed by atoms with E-state index in [1.54, 1.807) is 0 Å². The number of hydrogen-bond acceptors (Lipinski definition) is 2. The molecule has 0 spiro atoms. The van der Waals surface area contributed by atoms with Gasteiger partial charge in [-0.15, -0.1) is 0 Å². The zero-order valence-corrected chi connectivity index (χ0v) is 20.3. The highest BCUT2D eigenvalue weighted by Crippen LogP contribution is 2.26. The standard InChI is InChI=1S/C29H45NO/c1-4-5-6-7-8-9-10-11-12-19-24-28(30(2)3)25-31-29(26-20-15-13-16-21-26)27-22-17-14-18-23-27/h13-18,20-23,28-29H,4-12,19,24-25H2,1-3H3. The lowest BCUT2D eigenvalue weighted by atomic mass is 10.0. The fraction of sp³-hybridized carbons (Fsp3) is 0.586. The molecule has 172 valence electrons. The van der Waals surface area contributed by atoms with Crippen LogP contribution in [0.25, 0.3) is 0 Å². The molecule has 0 saturated heterocycles. The van der Waals surface area contributed by atoms with Gasteiger partial charge in [-0.1, -0.05) is 132 Å². The van der Waals surface area contributed by atoms with Crippen LogP contribution >= 0.6 is 0 Å². The number of benzene rings is 2. The molecule has 0 radical (unpaired) electrons. The molecule has 0 aliphatic heterocycles. The highest BCUT2D eigenvalue weighted by Gasteiger charge is 2.18. The van der Waals surface area contributed by atoms with Crippen molar-refractivity contribution in [2.75, 3.05) is 20.7 Å². The zero-order chi connectivity index (χ0) is 22.2. The van der Waals surface area contributed by atoms with Crippen LogP contribution in [0.2, 0.25) is 0 Å². The van der Waals surface area contributed by atoms with Crippen LogP contribution in [0.3, 0.4) is 0 Å². The first-order valence-corrected chi connectivity index (χ1v) is 12.6. The Kier molecular flexibility index (Phi) is 13.3. The number of hydrogen-bond donors (Lipinski definition) is 0. The van der Waals surface area contributed by atoms with Crippen molar-refractivity contribution < 1.29 is 4.74 Å². The smallest absolute Gasteiger partial charge is 0.108 e. The van der Waals surface area contributed by atoms with Gasteiger partial charge in [0.2, 0.25) is 0 Å². The Hall–Kier alpha value is -1.64. The summed E-state index contributed by atoms with van der Waals surface area (Å²) < 4.78 is 6.54. The molecule has 1 unspecified atom stereocenters. The third-order valence-corrected chi connectivity index (χ3v) is 6.28. The van der Waals surface area contributed by atoms with Crippen molar-refractivity contribution in [2.24, 2.45) is 0 Å². The van der Waals surface area contributed by atoms with Gasteiger partial charge in [-0.2, -0.15) is 0 Å². The summed E-state index contributed by atoms with van der Waals surface area (Å²) in [7, 11) is 4.37. The van der Waals surface area contributed by atoms with Gasteiger partial charge in [0, 0.05) is 6.04 Å². The van der Waals surface area contributed by atoms with Gasteiger partial charge in [0.05, 0.1) is 6.61 Å². The van der Waals surface area contributed by atoms with Crippen molar-refractivity contribution >= 4 is 0 Å². The first-order chi connectivity index (χ1) is 15.2. The SMILES string of the molecule is CCCCCCCCCCCCC(COC(c1ccccc1)c1ccccc1)N(C)C. The number of rotatable bonds is 17. The predicted molar refractivity (Wildman–Crippen MR) is 135 cm³/mol. The van der Waals surface area contributed by atoms with Gasteiger partial charge < -0.3 is 9.64 Å². The summed E-state index contributed by atoms with van der Waals surface area (Å²) >= 11 is 0. The zero-order valence-electron chi connectivity index (χ0n) is 20.3. The first-order valence-electron chi connectivity index (χ1n) is 12.6. The minimum atomic E-state index is -0.00226. The second-order valence-electron chi connectivity index (χ2n) is 9.12. The van der Waals surface area contributed by atoms with Crippen molar-refractivity contribution in [3.63, 3.8) is 0 Å². The quantitative estimate of drug-likeness (QED) is 0.239. The maximum Gasteiger partial charge on any atom is 0.108 e. The van der Waals surface area contributed by atoms with E-state index in [0.717, 1.165) is 6.61 Å². The summed E-state index contributed by atoms with van der Waals surface area (Å²) in [5.74, 6) is 0. The number of ether oxygens (including phenoxy) is 1. The van der Waals surface area contributed by atoms with Crippen LogP contribution in [0.4, 0.5) is 0 Å². The van der Waals surface area contributed by atoms with Crippen LogP contribution in [0.15, 0.2) is 60.7 Å². The lowest BCUT2D eigenvalue weighted by molar-refractivity contribution is 0.0355. The molecule has 0 fully saturated rings. The molecule has 2 aromatic rings. The number of nitrogens with zero attached hydrogens (tertiary/aromatic N) is 1. The van der Waals surface area contributed by atoms with Crippen LogP contribution < -0.4 is 0 Å². The van der Waals surface area contributed by atoms with Crippen molar-refractivity contribution in [1.29, 1.82) is 0 Å². The van der Waals surface area contributed by atoms with Gasteiger partial charge in [-0.3, -0.25) is 0 Å². The van der Waals surface area contributed by atoms with E-state index in [1.165, 1.54) is 81.8 Å². The summed E-state index contributed by atoms with van der Waals surface area (Å²) in [4.78, 5) is 2.33. The van der Waals surface area contributed by atoms with E-state index in [1.807, 2.05) is 0 Å². The normalized spacial score (nSPS) is 12.5. The molecule has 2 heteroatoms. The number of unbranched alkanes of at least 4 members (excludes halogenated alkanes) is 9. The fourth-order valence-electron chi connectivity index (χ4n) is 4.21. The van der Waals surface area contributed by atoms with Crippen LogP contribution in [0.5, 0.6) is 0 Å². The van der Waals surface area contributed by atoms with Crippen molar-refractivity contribution in [3.05, 3.63) is 71.8 Å². The predicted octanol–water partition coefficient (Wildman–Crippen LogP) is 8.03. The molecule has 31 heavy (non-hydrogen) atoms. The third-order valence-electron chi connectivity index (χ3n) is 6.28. The van der Waals surface area contributed by atoms with Gasteiger partial charge in [-0.25, -0.2) is 0 Å².